The van der Waals surface area contributed by atoms with Crippen LogP contribution in [0.25, 0.3) is 5.82 Å². The first kappa shape index (κ1) is 20.0. The molecule has 4 bridgehead atoms. The van der Waals surface area contributed by atoms with Crippen LogP contribution in [-0.2, 0) is 4.79 Å². The summed E-state index contributed by atoms with van der Waals surface area (Å²) < 4.78 is 3.79. The fraction of sp³-hybridized carbons (Fsp3) is 0.667. The molecule has 5 aliphatic rings. The van der Waals surface area contributed by atoms with Crippen molar-refractivity contribution < 1.29 is 9.59 Å². The first-order chi connectivity index (χ1) is 15.5. The second-order valence-electron chi connectivity index (χ2n) is 10.6. The van der Waals surface area contributed by atoms with Gasteiger partial charge in [0, 0.05) is 30.9 Å². The van der Waals surface area contributed by atoms with Crippen molar-refractivity contribution in [3.05, 3.63) is 30.2 Å². The molecule has 7 rings (SSSR count). The molecule has 5 aliphatic carbocycles. The van der Waals surface area contributed by atoms with Crippen LogP contribution in [0.15, 0.2) is 24.7 Å². The van der Waals surface area contributed by atoms with Crippen molar-refractivity contribution in [1.82, 2.24) is 30.2 Å². The van der Waals surface area contributed by atoms with Crippen LogP contribution in [0.2, 0.25) is 0 Å². The molecule has 170 valence electrons. The Bertz CT molecular complexity index is 1010. The van der Waals surface area contributed by atoms with Crippen LogP contribution in [0.3, 0.4) is 0 Å². The lowest BCUT2D eigenvalue weighted by Gasteiger charge is -2.60. The lowest BCUT2D eigenvalue weighted by molar-refractivity contribution is -0.125. The summed E-state index contributed by atoms with van der Waals surface area (Å²) in [5.74, 6) is 2.31. The zero-order valence-electron chi connectivity index (χ0n) is 18.7. The zero-order valence-corrected chi connectivity index (χ0v) is 18.7. The van der Waals surface area contributed by atoms with Gasteiger partial charge in [0.1, 0.15) is 5.56 Å². The van der Waals surface area contributed by atoms with Gasteiger partial charge in [-0.05, 0) is 68.8 Å². The first-order valence-corrected chi connectivity index (χ1v) is 12.2. The maximum Gasteiger partial charge on any atom is 0.256 e. The van der Waals surface area contributed by atoms with Gasteiger partial charge in [0.2, 0.25) is 5.91 Å². The van der Waals surface area contributed by atoms with Crippen LogP contribution in [0.4, 0.5) is 0 Å². The molecule has 0 radical (unpaired) electrons. The second-order valence-corrected chi connectivity index (χ2v) is 10.6. The number of nitrogens with one attached hydrogen (secondary N) is 2. The van der Waals surface area contributed by atoms with Crippen molar-refractivity contribution in [2.24, 2.45) is 17.8 Å². The van der Waals surface area contributed by atoms with E-state index in [1.165, 1.54) is 12.8 Å². The quantitative estimate of drug-likeness (QED) is 0.753. The molecule has 5 fully saturated rings. The predicted molar refractivity (Wildman–Crippen MR) is 118 cm³/mol. The fourth-order valence-corrected chi connectivity index (χ4v) is 7.57. The summed E-state index contributed by atoms with van der Waals surface area (Å²) in [5, 5.41) is 15.8. The van der Waals surface area contributed by atoms with Crippen molar-refractivity contribution in [1.29, 1.82) is 0 Å². The van der Waals surface area contributed by atoms with E-state index in [0.29, 0.717) is 29.4 Å². The predicted octanol–water partition coefficient (Wildman–Crippen LogP) is 3.00. The van der Waals surface area contributed by atoms with E-state index >= 15 is 0 Å². The Labute approximate surface area is 188 Å². The minimum atomic E-state index is -0.0584. The molecule has 0 aliphatic heterocycles. The van der Waals surface area contributed by atoms with Crippen LogP contribution >= 0.6 is 0 Å². The lowest BCUT2D eigenvalue weighted by Crippen LogP contribution is -2.66. The topological polar surface area (TPSA) is 93.8 Å². The molecule has 0 spiro atoms. The number of carbonyl (C=O) groups is 2. The van der Waals surface area contributed by atoms with Gasteiger partial charge < -0.3 is 10.6 Å². The average Bonchev–Trinajstić information content (AvgIpc) is 3.49. The van der Waals surface area contributed by atoms with Gasteiger partial charge in [0.05, 0.1) is 12.2 Å². The SMILES string of the molecule is CC(=O)N[C@]12CC3CC(C1)[C@@H](NC(=O)c1cnn(C4CCCC4)c1-n1cccn1)C(C3)C2. The largest absolute Gasteiger partial charge is 0.351 e. The third-order valence-corrected chi connectivity index (χ3v) is 8.42. The summed E-state index contributed by atoms with van der Waals surface area (Å²) in [6.45, 7) is 1.62. The van der Waals surface area contributed by atoms with Crippen LogP contribution < -0.4 is 10.6 Å². The van der Waals surface area contributed by atoms with Gasteiger partial charge in [0.15, 0.2) is 5.82 Å². The highest BCUT2D eigenvalue weighted by Crippen LogP contribution is 2.55. The minimum Gasteiger partial charge on any atom is -0.351 e. The monoisotopic (exact) mass is 436 g/mol. The van der Waals surface area contributed by atoms with Gasteiger partial charge in [-0.2, -0.15) is 10.2 Å². The van der Waals surface area contributed by atoms with Gasteiger partial charge in [-0.15, -0.1) is 0 Å². The van der Waals surface area contributed by atoms with E-state index in [9.17, 15) is 9.59 Å². The number of hydrogen-bond acceptors (Lipinski definition) is 4. The summed E-state index contributed by atoms with van der Waals surface area (Å²) in [6.07, 6.45) is 15.3. The number of aromatic nitrogens is 4. The fourth-order valence-electron chi connectivity index (χ4n) is 7.57. The normalized spacial score (nSPS) is 33.5. The lowest BCUT2D eigenvalue weighted by atomic mass is 9.51. The van der Waals surface area contributed by atoms with E-state index in [2.05, 4.69) is 20.8 Å². The number of amides is 2. The molecule has 8 heteroatoms. The van der Waals surface area contributed by atoms with E-state index in [-0.39, 0.29) is 23.4 Å². The average molecular weight is 437 g/mol. The van der Waals surface area contributed by atoms with Crippen LogP contribution in [-0.4, -0.2) is 43.0 Å². The van der Waals surface area contributed by atoms with Crippen molar-refractivity contribution >= 4 is 11.8 Å². The summed E-state index contributed by atoms with van der Waals surface area (Å²) in [5.41, 5.74) is 0.544. The molecular formula is C24H32N6O2. The third-order valence-electron chi connectivity index (χ3n) is 8.42. The number of hydrogen-bond donors (Lipinski definition) is 2. The number of rotatable bonds is 5. The molecule has 2 heterocycles. The number of nitrogens with zero attached hydrogens (tertiary/aromatic N) is 4. The summed E-state index contributed by atoms with van der Waals surface area (Å²) in [4.78, 5) is 25.4. The van der Waals surface area contributed by atoms with Crippen LogP contribution in [0.1, 0.15) is 81.1 Å². The molecule has 32 heavy (non-hydrogen) atoms. The molecule has 8 nitrogen and oxygen atoms in total. The smallest absolute Gasteiger partial charge is 0.256 e. The highest BCUT2D eigenvalue weighted by molar-refractivity contribution is 5.97. The minimum absolute atomic E-state index is 0.0502. The summed E-state index contributed by atoms with van der Waals surface area (Å²) in [6, 6.07) is 2.38. The van der Waals surface area contributed by atoms with Crippen molar-refractivity contribution in [3.63, 3.8) is 0 Å². The van der Waals surface area contributed by atoms with E-state index < -0.39 is 0 Å². The maximum absolute atomic E-state index is 13.6. The molecule has 2 amide bonds. The van der Waals surface area contributed by atoms with Gasteiger partial charge >= 0.3 is 0 Å². The Kier molecular flexibility index (Phi) is 4.66. The van der Waals surface area contributed by atoms with E-state index in [4.69, 9.17) is 0 Å². The van der Waals surface area contributed by atoms with Crippen molar-refractivity contribution in [2.45, 2.75) is 82.3 Å². The highest BCUT2D eigenvalue weighted by atomic mass is 16.2. The molecule has 5 saturated carbocycles. The molecule has 2 atom stereocenters. The second kappa shape index (κ2) is 7.46. The van der Waals surface area contributed by atoms with Crippen molar-refractivity contribution in [2.75, 3.05) is 0 Å². The molecule has 2 aromatic heterocycles. The molecular weight excluding hydrogens is 404 g/mol. The Morgan fingerprint density at radius 1 is 1.09 bits per heavy atom. The summed E-state index contributed by atoms with van der Waals surface area (Å²) >= 11 is 0. The van der Waals surface area contributed by atoms with E-state index in [1.54, 1.807) is 24.0 Å². The van der Waals surface area contributed by atoms with Crippen molar-refractivity contribution in [3.8, 4) is 5.82 Å². The Balaban J connectivity index is 1.26. The number of carbonyl (C=O) groups excluding carboxylic acids is 2. The highest BCUT2D eigenvalue weighted by Gasteiger charge is 2.56. The molecule has 2 unspecified atom stereocenters. The van der Waals surface area contributed by atoms with Crippen LogP contribution in [0.5, 0.6) is 0 Å². The van der Waals surface area contributed by atoms with Gasteiger partial charge in [-0.25, -0.2) is 9.36 Å². The molecule has 2 aromatic rings. The Morgan fingerprint density at radius 2 is 1.84 bits per heavy atom. The Hall–Kier alpha value is -2.64. The molecule has 0 saturated heterocycles. The van der Waals surface area contributed by atoms with E-state index in [1.807, 2.05) is 16.9 Å². The third kappa shape index (κ3) is 3.26. The maximum atomic E-state index is 13.6. The zero-order chi connectivity index (χ0) is 21.9. The van der Waals surface area contributed by atoms with Crippen LogP contribution in [0, 0.1) is 17.8 Å². The Morgan fingerprint density at radius 3 is 2.50 bits per heavy atom. The van der Waals surface area contributed by atoms with Gasteiger partial charge in [-0.1, -0.05) is 12.8 Å². The molecule has 0 aromatic carbocycles. The molecule has 2 N–H and O–H groups in total. The first-order valence-electron chi connectivity index (χ1n) is 12.2. The van der Waals surface area contributed by atoms with E-state index in [0.717, 1.165) is 50.8 Å². The summed E-state index contributed by atoms with van der Waals surface area (Å²) in [7, 11) is 0. The van der Waals surface area contributed by atoms with Gasteiger partial charge in [-0.3, -0.25) is 9.59 Å². The van der Waals surface area contributed by atoms with Gasteiger partial charge in [0.25, 0.3) is 5.91 Å². The standard InChI is InChI=1S/C24H32N6O2/c1-15(31)28-24-11-16-9-17(12-24)21(18(10-16)13-24)27-22(32)20-14-26-30(19-5-2-3-6-19)23(20)29-8-4-7-25-29/h4,7-8,14,16-19,21H,2-3,5-6,9-13H2,1H3,(H,27,32)(H,28,31)/t16?,17?,18?,21-,24-.